The van der Waals surface area contributed by atoms with Crippen LogP contribution in [0.1, 0.15) is 122 Å². The summed E-state index contributed by atoms with van der Waals surface area (Å²) in [4.78, 5) is 0. The van der Waals surface area contributed by atoms with Crippen LogP contribution in [0.3, 0.4) is 0 Å². The molecular formula is C23H50O4. The zero-order valence-corrected chi connectivity index (χ0v) is 18.2. The van der Waals surface area contributed by atoms with Gasteiger partial charge in [0.05, 0.1) is 12.7 Å². The largest absolute Gasteiger partial charge is 0.396 e. The Balaban J connectivity index is 0. The van der Waals surface area contributed by atoms with E-state index in [9.17, 15) is 5.11 Å². The van der Waals surface area contributed by atoms with Gasteiger partial charge in [-0.3, -0.25) is 0 Å². The van der Waals surface area contributed by atoms with Gasteiger partial charge in [-0.25, -0.2) is 0 Å². The van der Waals surface area contributed by atoms with E-state index in [1.165, 1.54) is 89.9 Å². The molecule has 166 valence electrons. The van der Waals surface area contributed by atoms with E-state index in [2.05, 4.69) is 6.92 Å². The molecule has 1 atom stereocenters. The van der Waals surface area contributed by atoms with Crippen molar-refractivity contribution in [2.75, 3.05) is 19.8 Å². The summed E-state index contributed by atoms with van der Waals surface area (Å²) in [6.45, 7) is 2.58. The first kappa shape index (κ1) is 29.0. The monoisotopic (exact) mass is 390 g/mol. The highest BCUT2D eigenvalue weighted by Gasteiger charge is 2.00. The first-order chi connectivity index (χ1) is 13.2. The molecule has 4 nitrogen and oxygen atoms in total. The van der Waals surface area contributed by atoms with Crippen molar-refractivity contribution in [3.63, 3.8) is 0 Å². The van der Waals surface area contributed by atoms with E-state index in [0.29, 0.717) is 0 Å². The molecule has 0 heterocycles. The van der Waals surface area contributed by atoms with Crippen molar-refractivity contribution in [3.8, 4) is 0 Å². The van der Waals surface area contributed by atoms with E-state index in [4.69, 9.17) is 15.3 Å². The van der Waals surface area contributed by atoms with Crippen LogP contribution in [0, 0.1) is 0 Å². The lowest BCUT2D eigenvalue weighted by Crippen LogP contribution is -2.10. The van der Waals surface area contributed by atoms with Crippen molar-refractivity contribution in [2.45, 2.75) is 129 Å². The lowest BCUT2D eigenvalue weighted by Gasteiger charge is -2.06. The molecule has 0 radical (unpaired) electrons. The molecule has 0 aromatic heterocycles. The summed E-state index contributed by atoms with van der Waals surface area (Å²) in [6.07, 6.45) is 22.2. The summed E-state index contributed by atoms with van der Waals surface area (Å²) in [7, 11) is 0. The number of aliphatic hydroxyl groups excluding tert-OH is 4. The third-order valence-corrected chi connectivity index (χ3v) is 4.92. The van der Waals surface area contributed by atoms with E-state index in [-0.39, 0.29) is 19.8 Å². The second kappa shape index (κ2) is 28.1. The minimum Gasteiger partial charge on any atom is -0.396 e. The number of hydrogen-bond acceptors (Lipinski definition) is 4. The van der Waals surface area contributed by atoms with Crippen LogP contribution in [0.15, 0.2) is 0 Å². The van der Waals surface area contributed by atoms with Gasteiger partial charge in [-0.2, -0.15) is 0 Å². The Hall–Kier alpha value is -0.160. The minimum absolute atomic E-state index is 0.0847. The van der Waals surface area contributed by atoms with Crippen LogP contribution in [0.25, 0.3) is 0 Å². The first-order valence-corrected chi connectivity index (χ1v) is 11.7. The van der Waals surface area contributed by atoms with Crippen molar-refractivity contribution < 1.29 is 20.4 Å². The molecule has 0 saturated heterocycles. The molecule has 1 unspecified atom stereocenters. The van der Waals surface area contributed by atoms with Gasteiger partial charge >= 0.3 is 0 Å². The quantitative estimate of drug-likeness (QED) is 0.211. The molecule has 0 aliphatic carbocycles. The Morgan fingerprint density at radius 3 is 1.11 bits per heavy atom. The zero-order valence-electron chi connectivity index (χ0n) is 18.2. The molecule has 0 saturated carbocycles. The average molecular weight is 391 g/mol. The van der Waals surface area contributed by atoms with Gasteiger partial charge in [0.15, 0.2) is 0 Å². The van der Waals surface area contributed by atoms with Crippen LogP contribution >= 0.6 is 0 Å². The summed E-state index contributed by atoms with van der Waals surface area (Å²) in [6, 6.07) is 0. The molecule has 4 N–H and O–H groups in total. The molecule has 0 fully saturated rings. The maximum absolute atomic E-state index is 9.21. The Morgan fingerprint density at radius 1 is 0.481 bits per heavy atom. The van der Waals surface area contributed by atoms with Crippen molar-refractivity contribution in [2.24, 2.45) is 0 Å². The fourth-order valence-corrected chi connectivity index (χ4v) is 3.07. The molecule has 0 bridgehead atoms. The van der Waals surface area contributed by atoms with Gasteiger partial charge in [-0.1, -0.05) is 103 Å². The van der Waals surface area contributed by atoms with Crippen molar-refractivity contribution in [3.05, 3.63) is 0 Å². The molecule has 0 aromatic rings. The van der Waals surface area contributed by atoms with Gasteiger partial charge in [0.1, 0.15) is 0 Å². The zero-order chi connectivity index (χ0) is 20.4. The predicted octanol–water partition coefficient (Wildman–Crippen LogP) is 5.35. The number of aliphatic hydroxyl groups is 4. The minimum atomic E-state index is -0.494. The van der Waals surface area contributed by atoms with Crippen molar-refractivity contribution in [1.82, 2.24) is 0 Å². The molecule has 0 rings (SSSR count). The van der Waals surface area contributed by atoms with Crippen LogP contribution < -0.4 is 0 Å². The van der Waals surface area contributed by atoms with E-state index in [1.54, 1.807) is 0 Å². The number of hydrogen-bond donors (Lipinski definition) is 4. The van der Waals surface area contributed by atoms with Gasteiger partial charge in [0, 0.05) is 13.2 Å². The number of unbranched alkanes of at least 4 members (excludes halogenated alkanes) is 15. The van der Waals surface area contributed by atoms with Gasteiger partial charge in [0.25, 0.3) is 0 Å². The second-order valence-corrected chi connectivity index (χ2v) is 7.73. The molecular weight excluding hydrogens is 340 g/mol. The van der Waals surface area contributed by atoms with Crippen molar-refractivity contribution >= 4 is 0 Å². The molecule has 0 spiro atoms. The fourth-order valence-electron chi connectivity index (χ4n) is 3.07. The van der Waals surface area contributed by atoms with Gasteiger partial charge in [-0.05, 0) is 19.3 Å². The molecule has 4 heteroatoms. The SMILES string of the molecule is CCCCCCCCCCCCCCCCCC(O)CO.OCCCCO. The highest BCUT2D eigenvalue weighted by Crippen LogP contribution is 2.13. The molecule has 0 aliphatic rings. The van der Waals surface area contributed by atoms with Gasteiger partial charge in [0.2, 0.25) is 0 Å². The maximum Gasteiger partial charge on any atom is 0.0770 e. The van der Waals surface area contributed by atoms with Crippen LogP contribution in [-0.2, 0) is 0 Å². The van der Waals surface area contributed by atoms with Crippen LogP contribution in [0.5, 0.6) is 0 Å². The van der Waals surface area contributed by atoms with Crippen LogP contribution in [0.4, 0.5) is 0 Å². The fraction of sp³-hybridized carbons (Fsp3) is 1.00. The third kappa shape index (κ3) is 30.8. The topological polar surface area (TPSA) is 80.9 Å². The average Bonchev–Trinajstić information content (AvgIpc) is 2.69. The molecule has 0 aliphatic heterocycles. The molecule has 0 amide bonds. The Labute approximate surface area is 169 Å². The summed E-state index contributed by atoms with van der Waals surface area (Å²) in [5.74, 6) is 0. The summed E-state index contributed by atoms with van der Waals surface area (Å²) in [5, 5.41) is 34.1. The predicted molar refractivity (Wildman–Crippen MR) is 116 cm³/mol. The third-order valence-electron chi connectivity index (χ3n) is 4.92. The highest BCUT2D eigenvalue weighted by molar-refractivity contribution is 4.54. The lowest BCUT2D eigenvalue weighted by atomic mass is 10.0. The van der Waals surface area contributed by atoms with E-state index in [0.717, 1.165) is 25.7 Å². The van der Waals surface area contributed by atoms with E-state index >= 15 is 0 Å². The summed E-state index contributed by atoms with van der Waals surface area (Å²) >= 11 is 0. The highest BCUT2D eigenvalue weighted by atomic mass is 16.3. The smallest absolute Gasteiger partial charge is 0.0770 e. The molecule has 0 aromatic carbocycles. The molecule has 27 heavy (non-hydrogen) atoms. The van der Waals surface area contributed by atoms with Crippen LogP contribution in [0.2, 0.25) is 0 Å². The van der Waals surface area contributed by atoms with Gasteiger partial charge < -0.3 is 20.4 Å². The van der Waals surface area contributed by atoms with E-state index < -0.39 is 6.10 Å². The lowest BCUT2D eigenvalue weighted by molar-refractivity contribution is 0.0860. The first-order valence-electron chi connectivity index (χ1n) is 11.7. The normalized spacial score (nSPS) is 11.9. The Bertz CT molecular complexity index is 232. The standard InChI is InChI=1S/C19H40O2.C4H10O2/c1-2-3-4-5-6-7-8-9-10-11-12-13-14-15-16-17-19(21)18-20;5-3-1-2-4-6/h19-21H,2-18H2,1H3;5-6H,1-4H2. The maximum atomic E-state index is 9.21. The van der Waals surface area contributed by atoms with Crippen LogP contribution in [-0.4, -0.2) is 46.4 Å². The summed E-state index contributed by atoms with van der Waals surface area (Å²) < 4.78 is 0. The second-order valence-electron chi connectivity index (χ2n) is 7.73. The van der Waals surface area contributed by atoms with E-state index in [1.807, 2.05) is 0 Å². The number of rotatable bonds is 20. The Morgan fingerprint density at radius 2 is 0.815 bits per heavy atom. The van der Waals surface area contributed by atoms with Crippen molar-refractivity contribution in [1.29, 1.82) is 0 Å². The Kier molecular flexibility index (Phi) is 30.2. The van der Waals surface area contributed by atoms with Gasteiger partial charge in [-0.15, -0.1) is 0 Å². The summed E-state index contributed by atoms with van der Waals surface area (Å²) in [5.41, 5.74) is 0.